The number of H-pyrrole nitrogens is 1. The van der Waals surface area contributed by atoms with E-state index in [0.717, 1.165) is 11.3 Å². The number of aromatic amines is 1. The van der Waals surface area contributed by atoms with Crippen LogP contribution in [0.15, 0.2) is 42.9 Å². The van der Waals surface area contributed by atoms with Crippen LogP contribution < -0.4 is 10.6 Å². The molecule has 2 rings (SSSR count). The first-order valence-electron chi connectivity index (χ1n) is 8.62. The average molecular weight is 358 g/mol. The number of carbonyl (C=O) groups excluding carboxylic acids is 2. The van der Waals surface area contributed by atoms with Gasteiger partial charge in [0.15, 0.2) is 0 Å². The molecule has 3 N–H and O–H groups in total. The number of nitrogens with zero attached hydrogens (tertiary/aromatic N) is 1. The molecule has 0 aliphatic carbocycles. The topological polar surface area (TPSA) is 96.1 Å². The molecule has 1 atom stereocenters. The molecule has 7 nitrogen and oxygen atoms in total. The summed E-state index contributed by atoms with van der Waals surface area (Å²) in [4.78, 5) is 31.6. The summed E-state index contributed by atoms with van der Waals surface area (Å²) >= 11 is 0. The van der Waals surface area contributed by atoms with Gasteiger partial charge < -0.3 is 20.4 Å². The predicted octanol–water partition coefficient (Wildman–Crippen LogP) is 2.20. The third-order valence-electron chi connectivity index (χ3n) is 3.54. The Kier molecular flexibility index (Phi) is 6.77. The number of alkyl carbamates (subject to hydrolysis) is 1. The van der Waals surface area contributed by atoms with Crippen molar-refractivity contribution in [2.75, 3.05) is 6.54 Å². The number of imidazole rings is 1. The van der Waals surface area contributed by atoms with Gasteiger partial charge in [0.05, 0.1) is 6.33 Å². The zero-order valence-corrected chi connectivity index (χ0v) is 15.4. The van der Waals surface area contributed by atoms with Crippen LogP contribution in [0, 0.1) is 0 Å². The van der Waals surface area contributed by atoms with Gasteiger partial charge in [0.25, 0.3) is 0 Å². The number of carbonyl (C=O) groups is 2. The Hall–Kier alpha value is -2.83. The molecule has 0 aliphatic rings. The van der Waals surface area contributed by atoms with Crippen molar-refractivity contribution in [2.24, 2.45) is 0 Å². The summed E-state index contributed by atoms with van der Waals surface area (Å²) in [7, 11) is 0. The standard InChI is InChI=1S/C19H26N4O3/c1-19(2,3)26-18(25)23-16(11-14-7-5-4-6-8-14)17(24)21-10-9-15-12-20-13-22-15/h4-8,12-13,16H,9-11H2,1-3H3,(H,20,22)(H,21,24)(H,23,25)/t16-/m0/s1. The molecule has 0 bridgehead atoms. The first-order chi connectivity index (χ1) is 12.3. The van der Waals surface area contributed by atoms with Crippen molar-refractivity contribution in [1.29, 1.82) is 0 Å². The molecular weight excluding hydrogens is 332 g/mol. The molecule has 1 aromatic carbocycles. The van der Waals surface area contributed by atoms with E-state index in [-0.39, 0.29) is 5.91 Å². The summed E-state index contributed by atoms with van der Waals surface area (Å²) in [5.74, 6) is -0.251. The number of benzene rings is 1. The number of nitrogens with one attached hydrogen (secondary N) is 3. The van der Waals surface area contributed by atoms with E-state index in [0.29, 0.717) is 19.4 Å². The molecule has 0 saturated carbocycles. The molecule has 1 aromatic heterocycles. The fraction of sp³-hybridized carbons (Fsp3) is 0.421. The maximum absolute atomic E-state index is 12.6. The number of ether oxygens (including phenoxy) is 1. The lowest BCUT2D eigenvalue weighted by Crippen LogP contribution is -2.49. The third-order valence-corrected chi connectivity index (χ3v) is 3.54. The Morgan fingerprint density at radius 2 is 1.96 bits per heavy atom. The van der Waals surface area contributed by atoms with Crippen molar-refractivity contribution in [3.05, 3.63) is 54.1 Å². The third kappa shape index (κ3) is 6.96. The lowest BCUT2D eigenvalue weighted by atomic mass is 10.1. The zero-order chi connectivity index (χ0) is 19.0. The molecule has 0 aliphatic heterocycles. The van der Waals surface area contributed by atoms with Gasteiger partial charge in [-0.25, -0.2) is 9.78 Å². The molecule has 7 heteroatoms. The highest BCUT2D eigenvalue weighted by Crippen LogP contribution is 2.08. The fourth-order valence-corrected chi connectivity index (χ4v) is 2.37. The first-order valence-corrected chi connectivity index (χ1v) is 8.62. The van der Waals surface area contributed by atoms with Crippen molar-refractivity contribution in [3.63, 3.8) is 0 Å². The maximum Gasteiger partial charge on any atom is 0.408 e. The Morgan fingerprint density at radius 1 is 1.23 bits per heavy atom. The van der Waals surface area contributed by atoms with Crippen LogP contribution in [0.3, 0.4) is 0 Å². The quantitative estimate of drug-likeness (QED) is 0.707. The van der Waals surface area contributed by atoms with Crippen LogP contribution in [0.2, 0.25) is 0 Å². The second-order valence-electron chi connectivity index (χ2n) is 7.01. The first kappa shape index (κ1) is 19.5. The Morgan fingerprint density at radius 3 is 2.58 bits per heavy atom. The van der Waals surface area contributed by atoms with Crippen LogP contribution in [0.4, 0.5) is 4.79 Å². The van der Waals surface area contributed by atoms with Gasteiger partial charge in [-0.05, 0) is 26.3 Å². The highest BCUT2D eigenvalue weighted by Gasteiger charge is 2.24. The summed E-state index contributed by atoms with van der Waals surface area (Å²) in [6.07, 6.45) is 3.72. The fourth-order valence-electron chi connectivity index (χ4n) is 2.37. The largest absolute Gasteiger partial charge is 0.444 e. The van der Waals surface area contributed by atoms with E-state index in [2.05, 4.69) is 20.6 Å². The second-order valence-corrected chi connectivity index (χ2v) is 7.01. The van der Waals surface area contributed by atoms with E-state index in [4.69, 9.17) is 4.74 Å². The highest BCUT2D eigenvalue weighted by molar-refractivity contribution is 5.86. The summed E-state index contributed by atoms with van der Waals surface area (Å²) in [5, 5.41) is 5.52. The molecule has 2 amide bonds. The van der Waals surface area contributed by atoms with Crippen molar-refractivity contribution in [1.82, 2.24) is 20.6 Å². The van der Waals surface area contributed by atoms with E-state index in [1.165, 1.54) is 0 Å². The molecule has 0 fully saturated rings. The molecule has 0 radical (unpaired) electrons. The number of hydrogen-bond donors (Lipinski definition) is 3. The lowest BCUT2D eigenvalue weighted by Gasteiger charge is -2.23. The monoisotopic (exact) mass is 358 g/mol. The van der Waals surface area contributed by atoms with E-state index in [1.54, 1.807) is 33.3 Å². The SMILES string of the molecule is CC(C)(C)OC(=O)N[C@@H](Cc1ccccc1)C(=O)NCCc1cnc[nH]1. The molecule has 2 aromatic rings. The van der Waals surface area contributed by atoms with Crippen LogP contribution in [0.25, 0.3) is 0 Å². The highest BCUT2D eigenvalue weighted by atomic mass is 16.6. The van der Waals surface area contributed by atoms with Crippen LogP contribution >= 0.6 is 0 Å². The van der Waals surface area contributed by atoms with E-state index in [9.17, 15) is 9.59 Å². The zero-order valence-electron chi connectivity index (χ0n) is 15.4. The van der Waals surface area contributed by atoms with Crippen molar-refractivity contribution in [3.8, 4) is 0 Å². The van der Waals surface area contributed by atoms with E-state index < -0.39 is 17.7 Å². The molecular formula is C19H26N4O3. The number of hydrogen-bond acceptors (Lipinski definition) is 4. The normalized spacial score (nSPS) is 12.3. The minimum absolute atomic E-state index is 0.251. The van der Waals surface area contributed by atoms with Gasteiger partial charge in [-0.1, -0.05) is 30.3 Å². The minimum Gasteiger partial charge on any atom is -0.444 e. The molecule has 1 heterocycles. The van der Waals surface area contributed by atoms with Gasteiger partial charge >= 0.3 is 6.09 Å². The molecule has 140 valence electrons. The number of amides is 2. The van der Waals surface area contributed by atoms with Crippen molar-refractivity contribution >= 4 is 12.0 Å². The van der Waals surface area contributed by atoms with Crippen LogP contribution in [-0.2, 0) is 22.4 Å². The molecule has 0 unspecified atom stereocenters. The Balaban J connectivity index is 1.96. The van der Waals surface area contributed by atoms with Gasteiger partial charge in [-0.2, -0.15) is 0 Å². The molecule has 0 saturated heterocycles. The predicted molar refractivity (Wildman–Crippen MR) is 98.6 cm³/mol. The molecule has 26 heavy (non-hydrogen) atoms. The van der Waals surface area contributed by atoms with Gasteiger partial charge in [0, 0.05) is 31.3 Å². The number of rotatable bonds is 7. The van der Waals surface area contributed by atoms with Crippen LogP contribution in [0.5, 0.6) is 0 Å². The van der Waals surface area contributed by atoms with Gasteiger partial charge in [-0.15, -0.1) is 0 Å². The summed E-state index contributed by atoms with van der Waals surface area (Å²) < 4.78 is 5.28. The maximum atomic E-state index is 12.6. The van der Waals surface area contributed by atoms with E-state index >= 15 is 0 Å². The number of aromatic nitrogens is 2. The van der Waals surface area contributed by atoms with Gasteiger partial charge in [0.2, 0.25) is 5.91 Å². The van der Waals surface area contributed by atoms with Gasteiger partial charge in [0.1, 0.15) is 11.6 Å². The molecule has 0 spiro atoms. The second kappa shape index (κ2) is 9.03. The summed E-state index contributed by atoms with van der Waals surface area (Å²) in [5.41, 5.74) is 1.26. The summed E-state index contributed by atoms with van der Waals surface area (Å²) in [6, 6.07) is 8.83. The van der Waals surface area contributed by atoms with Crippen molar-refractivity contribution in [2.45, 2.75) is 45.3 Å². The smallest absolute Gasteiger partial charge is 0.408 e. The van der Waals surface area contributed by atoms with E-state index in [1.807, 2.05) is 30.3 Å². The summed E-state index contributed by atoms with van der Waals surface area (Å²) in [6.45, 7) is 5.79. The Bertz CT molecular complexity index is 693. The van der Waals surface area contributed by atoms with Crippen LogP contribution in [-0.4, -0.2) is 40.2 Å². The van der Waals surface area contributed by atoms with Crippen LogP contribution in [0.1, 0.15) is 32.0 Å². The minimum atomic E-state index is -0.714. The average Bonchev–Trinajstić information content (AvgIpc) is 3.06. The Labute approximate surface area is 153 Å². The van der Waals surface area contributed by atoms with Gasteiger partial charge in [-0.3, -0.25) is 4.79 Å². The lowest BCUT2D eigenvalue weighted by molar-refractivity contribution is -0.123. The van der Waals surface area contributed by atoms with Crippen molar-refractivity contribution < 1.29 is 14.3 Å².